The Morgan fingerprint density at radius 3 is 2.33 bits per heavy atom. The Bertz CT molecular complexity index is 1260. The lowest BCUT2D eigenvalue weighted by Gasteiger charge is -2.05. The molecule has 0 atom stereocenters. The molecule has 0 unspecified atom stereocenters. The van der Waals surface area contributed by atoms with Gasteiger partial charge in [0.05, 0.1) is 21.2 Å². The maximum Gasteiger partial charge on any atom is 0.206 e. The summed E-state index contributed by atoms with van der Waals surface area (Å²) in [6.45, 7) is 0. The van der Waals surface area contributed by atoms with Crippen LogP contribution in [0, 0.1) is 0 Å². The molecule has 0 aliphatic rings. The first kappa shape index (κ1) is 17.5. The number of aromatic nitrogens is 1. The molecule has 0 saturated carbocycles. The number of hydrogen-bond acceptors (Lipinski definition) is 4. The smallest absolute Gasteiger partial charge is 0.206 e. The van der Waals surface area contributed by atoms with Crippen molar-refractivity contribution in [3.63, 3.8) is 0 Å². The van der Waals surface area contributed by atoms with Crippen LogP contribution in [0.1, 0.15) is 0 Å². The number of nitrogens with one attached hydrogen (secondary N) is 1. The van der Waals surface area contributed by atoms with Crippen LogP contribution in [0.4, 0.5) is 5.69 Å². The van der Waals surface area contributed by atoms with E-state index in [-0.39, 0.29) is 15.5 Å². The summed E-state index contributed by atoms with van der Waals surface area (Å²) in [6.07, 6.45) is 0. The summed E-state index contributed by atoms with van der Waals surface area (Å²) in [4.78, 5) is 3.49. The van der Waals surface area contributed by atoms with Crippen molar-refractivity contribution in [3.8, 4) is 17.0 Å². The summed E-state index contributed by atoms with van der Waals surface area (Å²) in [6, 6.07) is 17.5. The van der Waals surface area contributed by atoms with E-state index in [9.17, 15) is 13.5 Å². The summed E-state index contributed by atoms with van der Waals surface area (Å²) in [5.41, 5.74) is 8.74. The number of aromatic amines is 1. The molecule has 1 aromatic heterocycles. The highest BCUT2D eigenvalue weighted by atomic mass is 35.5. The van der Waals surface area contributed by atoms with E-state index in [2.05, 4.69) is 4.98 Å². The number of halogens is 1. The summed E-state index contributed by atoms with van der Waals surface area (Å²) in [7, 11) is -3.69. The summed E-state index contributed by atoms with van der Waals surface area (Å²) in [5, 5.41) is 10.8. The molecule has 136 valence electrons. The van der Waals surface area contributed by atoms with Gasteiger partial charge in [-0.1, -0.05) is 23.7 Å². The molecule has 1 heterocycles. The number of hydrogen-bond donors (Lipinski definition) is 3. The first-order chi connectivity index (χ1) is 12.9. The average Bonchev–Trinajstić information content (AvgIpc) is 2.98. The molecule has 0 bridgehead atoms. The number of H-pyrrole nitrogens is 1. The van der Waals surface area contributed by atoms with Crippen LogP contribution in [0.3, 0.4) is 0 Å². The van der Waals surface area contributed by atoms with Gasteiger partial charge in [-0.05, 0) is 54.6 Å². The van der Waals surface area contributed by atoms with Crippen LogP contribution < -0.4 is 5.73 Å². The molecular weight excluding hydrogens is 384 g/mol. The van der Waals surface area contributed by atoms with Crippen molar-refractivity contribution in [1.29, 1.82) is 0 Å². The van der Waals surface area contributed by atoms with Crippen LogP contribution in [-0.2, 0) is 9.84 Å². The van der Waals surface area contributed by atoms with Crippen molar-refractivity contribution >= 4 is 38.0 Å². The monoisotopic (exact) mass is 398 g/mol. The fraction of sp³-hybridized carbons (Fsp3) is 0. The third kappa shape index (κ3) is 3.03. The SMILES string of the molecule is Nc1c(-c2cccc(O)c2)[nH]c2ccc(S(=O)(=O)c3ccc(Cl)cc3)cc12. The van der Waals surface area contributed by atoms with Crippen LogP contribution in [-0.4, -0.2) is 18.5 Å². The summed E-state index contributed by atoms with van der Waals surface area (Å²) < 4.78 is 25.8. The minimum Gasteiger partial charge on any atom is -0.508 e. The van der Waals surface area contributed by atoms with E-state index in [0.29, 0.717) is 32.9 Å². The van der Waals surface area contributed by atoms with E-state index in [0.717, 1.165) is 0 Å². The number of aromatic hydroxyl groups is 1. The largest absolute Gasteiger partial charge is 0.508 e. The predicted molar refractivity (Wildman–Crippen MR) is 107 cm³/mol. The topological polar surface area (TPSA) is 96.2 Å². The molecule has 0 aliphatic heterocycles. The number of fused-ring (bicyclic) bond motifs is 1. The minimum atomic E-state index is -3.69. The van der Waals surface area contributed by atoms with E-state index in [4.69, 9.17) is 17.3 Å². The van der Waals surface area contributed by atoms with Gasteiger partial charge in [-0.2, -0.15) is 0 Å². The molecule has 3 aromatic carbocycles. The van der Waals surface area contributed by atoms with Crippen molar-refractivity contribution in [3.05, 3.63) is 71.8 Å². The third-order valence-corrected chi connectivity index (χ3v) is 6.40. The molecule has 0 fully saturated rings. The lowest BCUT2D eigenvalue weighted by Crippen LogP contribution is -2.01. The molecular formula is C20H15ClN2O3S. The molecule has 0 radical (unpaired) electrons. The minimum absolute atomic E-state index is 0.122. The number of phenols is 1. The molecule has 4 rings (SSSR count). The molecule has 0 spiro atoms. The number of benzene rings is 3. The van der Waals surface area contributed by atoms with Gasteiger partial charge >= 0.3 is 0 Å². The maximum atomic E-state index is 12.9. The normalized spacial score (nSPS) is 11.7. The van der Waals surface area contributed by atoms with Crippen molar-refractivity contribution in [1.82, 2.24) is 4.98 Å². The Kier molecular flexibility index (Phi) is 4.09. The van der Waals surface area contributed by atoms with Crippen molar-refractivity contribution in [2.24, 2.45) is 0 Å². The highest BCUT2D eigenvalue weighted by Crippen LogP contribution is 2.35. The van der Waals surface area contributed by atoms with Crippen LogP contribution in [0.15, 0.2) is 76.5 Å². The zero-order chi connectivity index (χ0) is 19.2. The van der Waals surface area contributed by atoms with Gasteiger partial charge in [-0.15, -0.1) is 0 Å². The summed E-state index contributed by atoms with van der Waals surface area (Å²) in [5.74, 6) is 0.122. The Morgan fingerprint density at radius 1 is 0.926 bits per heavy atom. The zero-order valence-electron chi connectivity index (χ0n) is 14.0. The summed E-state index contributed by atoms with van der Waals surface area (Å²) >= 11 is 5.85. The standard InChI is InChI=1S/C20H15ClN2O3S/c21-13-4-6-15(7-5-13)27(25,26)16-8-9-18-17(11-16)19(22)20(23-18)12-2-1-3-14(24)10-12/h1-11,23-24H,22H2. The maximum absolute atomic E-state index is 12.9. The number of nitrogen functional groups attached to an aromatic ring is 1. The molecule has 7 heteroatoms. The lowest BCUT2D eigenvalue weighted by atomic mass is 10.1. The van der Waals surface area contributed by atoms with Gasteiger partial charge in [-0.25, -0.2) is 8.42 Å². The quantitative estimate of drug-likeness (QED) is 0.469. The Hall–Kier alpha value is -2.96. The molecule has 4 aromatic rings. The fourth-order valence-electron chi connectivity index (χ4n) is 3.00. The second-order valence-electron chi connectivity index (χ2n) is 6.13. The van der Waals surface area contributed by atoms with Crippen molar-refractivity contribution < 1.29 is 13.5 Å². The van der Waals surface area contributed by atoms with E-state index in [1.54, 1.807) is 30.3 Å². The highest BCUT2D eigenvalue weighted by Gasteiger charge is 2.20. The Labute approximate surface area is 160 Å². The van der Waals surface area contributed by atoms with E-state index in [1.165, 1.54) is 30.3 Å². The van der Waals surface area contributed by atoms with Crippen molar-refractivity contribution in [2.45, 2.75) is 9.79 Å². The first-order valence-corrected chi connectivity index (χ1v) is 9.93. The molecule has 0 aliphatic carbocycles. The van der Waals surface area contributed by atoms with Gasteiger partial charge in [0.1, 0.15) is 5.75 Å². The number of phenolic OH excluding ortho intramolecular Hbond substituents is 1. The van der Waals surface area contributed by atoms with Crippen LogP contribution in [0.25, 0.3) is 22.2 Å². The first-order valence-electron chi connectivity index (χ1n) is 8.07. The van der Waals surface area contributed by atoms with E-state index < -0.39 is 9.84 Å². The molecule has 5 nitrogen and oxygen atoms in total. The van der Waals surface area contributed by atoms with Crippen LogP contribution >= 0.6 is 11.6 Å². The second-order valence-corrected chi connectivity index (χ2v) is 8.51. The predicted octanol–water partition coefficient (Wildman–Crippen LogP) is 4.61. The number of sulfone groups is 1. The lowest BCUT2D eigenvalue weighted by molar-refractivity contribution is 0.475. The van der Waals surface area contributed by atoms with Crippen LogP contribution in [0.2, 0.25) is 5.02 Å². The number of rotatable bonds is 3. The van der Waals surface area contributed by atoms with Gasteiger partial charge in [0.25, 0.3) is 0 Å². The second kappa shape index (κ2) is 6.33. The van der Waals surface area contributed by atoms with Gasteiger partial charge in [0.15, 0.2) is 0 Å². The van der Waals surface area contributed by atoms with Gasteiger partial charge in [-0.3, -0.25) is 0 Å². The average molecular weight is 399 g/mol. The number of anilines is 1. The van der Waals surface area contributed by atoms with E-state index >= 15 is 0 Å². The zero-order valence-corrected chi connectivity index (χ0v) is 15.6. The Balaban J connectivity index is 1.85. The van der Waals surface area contributed by atoms with Gasteiger partial charge < -0.3 is 15.8 Å². The third-order valence-electron chi connectivity index (χ3n) is 4.38. The molecule has 0 amide bonds. The van der Waals surface area contributed by atoms with Gasteiger partial charge in [0, 0.05) is 21.5 Å². The molecule has 0 saturated heterocycles. The van der Waals surface area contributed by atoms with Crippen LogP contribution in [0.5, 0.6) is 5.75 Å². The molecule has 27 heavy (non-hydrogen) atoms. The highest BCUT2D eigenvalue weighted by molar-refractivity contribution is 7.91. The Morgan fingerprint density at radius 2 is 1.63 bits per heavy atom. The fourth-order valence-corrected chi connectivity index (χ4v) is 4.41. The number of nitrogens with two attached hydrogens (primary N) is 1. The van der Waals surface area contributed by atoms with E-state index in [1.807, 2.05) is 6.07 Å². The van der Waals surface area contributed by atoms with Gasteiger partial charge in [0.2, 0.25) is 9.84 Å². The van der Waals surface area contributed by atoms with Crippen molar-refractivity contribution in [2.75, 3.05) is 5.73 Å². The molecule has 4 N–H and O–H groups in total.